The van der Waals surface area contributed by atoms with Gasteiger partial charge in [0.15, 0.2) is 0 Å². The molecule has 90 valence electrons. The van der Waals surface area contributed by atoms with Crippen LogP contribution in [0.25, 0.3) is 0 Å². The van der Waals surface area contributed by atoms with Gasteiger partial charge in [0.05, 0.1) is 18.5 Å². The maximum absolute atomic E-state index is 11.8. The second-order valence-corrected chi connectivity index (χ2v) is 6.27. The molecule has 0 aliphatic rings. The predicted molar refractivity (Wildman–Crippen MR) is 62.7 cm³/mol. The first-order valence-corrected chi connectivity index (χ1v) is 6.59. The van der Waals surface area contributed by atoms with Gasteiger partial charge in [0, 0.05) is 5.41 Å². The Bertz CT molecular complexity index is 375. The summed E-state index contributed by atoms with van der Waals surface area (Å²) in [5, 5.41) is 9.28. The van der Waals surface area contributed by atoms with Crippen molar-refractivity contribution in [2.45, 2.75) is 13.8 Å². The number of aliphatic hydroxyl groups excluding tert-OH is 1. The maximum atomic E-state index is 11.8. The number of aliphatic hydroxyl groups is 1. The minimum absolute atomic E-state index is 0.0339. The van der Waals surface area contributed by atoms with E-state index in [-0.39, 0.29) is 18.5 Å². The van der Waals surface area contributed by atoms with Gasteiger partial charge < -0.3 is 14.5 Å². The zero-order chi connectivity index (χ0) is 12.2. The van der Waals surface area contributed by atoms with E-state index in [0.29, 0.717) is 0 Å². The number of rotatable bonds is 5. The van der Waals surface area contributed by atoms with Crippen LogP contribution in [0.3, 0.4) is 0 Å². The van der Waals surface area contributed by atoms with Gasteiger partial charge in [-0.1, -0.05) is 32.0 Å². The molecule has 1 aromatic rings. The van der Waals surface area contributed by atoms with Crippen LogP contribution >= 0.6 is 7.60 Å². The lowest BCUT2D eigenvalue weighted by Gasteiger charge is -2.23. The Kier molecular flexibility index (Phi) is 4.28. The van der Waals surface area contributed by atoms with Crippen molar-refractivity contribution < 1.29 is 19.1 Å². The largest absolute Gasteiger partial charge is 0.396 e. The first-order valence-electron chi connectivity index (χ1n) is 5.01. The van der Waals surface area contributed by atoms with Crippen LogP contribution in [-0.2, 0) is 9.09 Å². The Morgan fingerprint density at radius 1 is 1.31 bits per heavy atom. The average molecular weight is 244 g/mol. The quantitative estimate of drug-likeness (QED) is 0.771. The summed E-state index contributed by atoms with van der Waals surface area (Å²) in [5.74, 6) is 0. The van der Waals surface area contributed by atoms with E-state index < -0.39 is 13.0 Å². The molecule has 4 nitrogen and oxygen atoms in total. The van der Waals surface area contributed by atoms with Crippen LogP contribution in [-0.4, -0.2) is 23.2 Å². The third kappa shape index (κ3) is 3.72. The summed E-state index contributed by atoms with van der Waals surface area (Å²) in [7, 11) is -3.77. The molecule has 0 saturated carbocycles. The fraction of sp³-hybridized carbons (Fsp3) is 0.455. The standard InChI is InChI=1S/C11H17O4P/c1-11(2,8-12)9-15-16(13,14)10-6-4-3-5-7-10/h3-7,12H,8-9H2,1-2H3,(H,13,14). The first-order chi connectivity index (χ1) is 7.37. The summed E-state index contributed by atoms with van der Waals surface area (Å²) in [6, 6.07) is 8.22. The Morgan fingerprint density at radius 3 is 2.38 bits per heavy atom. The van der Waals surface area contributed by atoms with Crippen molar-refractivity contribution in [3.8, 4) is 0 Å². The summed E-state index contributed by atoms with van der Waals surface area (Å²) in [4.78, 5) is 9.70. The van der Waals surface area contributed by atoms with Gasteiger partial charge in [0.2, 0.25) is 0 Å². The van der Waals surface area contributed by atoms with Gasteiger partial charge in [0.25, 0.3) is 0 Å². The number of benzene rings is 1. The van der Waals surface area contributed by atoms with E-state index in [1.807, 2.05) is 0 Å². The van der Waals surface area contributed by atoms with Crippen molar-refractivity contribution in [3.63, 3.8) is 0 Å². The minimum atomic E-state index is -3.77. The summed E-state index contributed by atoms with van der Waals surface area (Å²) in [6.07, 6.45) is 0. The van der Waals surface area contributed by atoms with E-state index in [1.165, 1.54) is 0 Å². The molecule has 1 atom stereocenters. The molecule has 0 spiro atoms. The van der Waals surface area contributed by atoms with E-state index in [0.717, 1.165) is 0 Å². The Labute approximate surface area is 95.4 Å². The molecule has 0 bridgehead atoms. The van der Waals surface area contributed by atoms with Crippen LogP contribution in [0.2, 0.25) is 0 Å². The van der Waals surface area contributed by atoms with Gasteiger partial charge in [-0.3, -0.25) is 4.57 Å². The predicted octanol–water partition coefficient (Wildman–Crippen LogP) is 1.53. The highest BCUT2D eigenvalue weighted by Crippen LogP contribution is 2.41. The molecule has 0 aliphatic carbocycles. The summed E-state index contributed by atoms with van der Waals surface area (Å²) in [6.45, 7) is 3.46. The fourth-order valence-corrected chi connectivity index (χ4v) is 2.22. The minimum Gasteiger partial charge on any atom is -0.396 e. The topological polar surface area (TPSA) is 66.8 Å². The van der Waals surface area contributed by atoms with E-state index in [2.05, 4.69) is 0 Å². The van der Waals surface area contributed by atoms with Crippen molar-refractivity contribution in [2.75, 3.05) is 13.2 Å². The van der Waals surface area contributed by atoms with Crippen molar-refractivity contribution in [2.24, 2.45) is 5.41 Å². The average Bonchev–Trinajstić information content (AvgIpc) is 2.28. The summed E-state index contributed by atoms with van der Waals surface area (Å²) in [5.41, 5.74) is -0.521. The third-order valence-corrected chi connectivity index (χ3v) is 3.57. The van der Waals surface area contributed by atoms with Gasteiger partial charge in [0.1, 0.15) is 0 Å². The molecule has 16 heavy (non-hydrogen) atoms. The highest BCUT2D eigenvalue weighted by molar-refractivity contribution is 7.61. The molecule has 0 amide bonds. The van der Waals surface area contributed by atoms with E-state index in [4.69, 9.17) is 9.63 Å². The van der Waals surface area contributed by atoms with Crippen LogP contribution in [0.15, 0.2) is 30.3 Å². The molecule has 0 heterocycles. The summed E-state index contributed by atoms with van der Waals surface area (Å²) >= 11 is 0. The molecule has 1 unspecified atom stereocenters. The lowest BCUT2D eigenvalue weighted by molar-refractivity contribution is 0.0926. The van der Waals surface area contributed by atoms with E-state index in [1.54, 1.807) is 44.2 Å². The van der Waals surface area contributed by atoms with Crippen molar-refractivity contribution >= 4 is 12.9 Å². The highest BCUT2D eigenvalue weighted by Gasteiger charge is 2.26. The van der Waals surface area contributed by atoms with Gasteiger partial charge in [-0.15, -0.1) is 0 Å². The lowest BCUT2D eigenvalue weighted by atomic mass is 9.97. The fourth-order valence-electron chi connectivity index (χ4n) is 0.999. The summed E-state index contributed by atoms with van der Waals surface area (Å²) < 4.78 is 16.9. The smallest absolute Gasteiger partial charge is 0.358 e. The zero-order valence-electron chi connectivity index (χ0n) is 9.46. The maximum Gasteiger partial charge on any atom is 0.358 e. The van der Waals surface area contributed by atoms with Crippen molar-refractivity contribution in [3.05, 3.63) is 30.3 Å². The SMILES string of the molecule is CC(C)(CO)COP(=O)(O)c1ccccc1. The second-order valence-electron chi connectivity index (χ2n) is 4.45. The molecule has 0 aromatic heterocycles. The van der Waals surface area contributed by atoms with Crippen LogP contribution in [0.5, 0.6) is 0 Å². The lowest BCUT2D eigenvalue weighted by Crippen LogP contribution is -2.24. The van der Waals surface area contributed by atoms with Crippen LogP contribution in [0, 0.1) is 5.41 Å². The number of hydrogen-bond donors (Lipinski definition) is 2. The zero-order valence-corrected chi connectivity index (χ0v) is 10.4. The van der Waals surface area contributed by atoms with Crippen molar-refractivity contribution in [1.82, 2.24) is 0 Å². The third-order valence-electron chi connectivity index (χ3n) is 2.14. The molecule has 1 rings (SSSR count). The van der Waals surface area contributed by atoms with Gasteiger partial charge >= 0.3 is 7.60 Å². The molecule has 5 heteroatoms. The van der Waals surface area contributed by atoms with E-state index >= 15 is 0 Å². The second kappa shape index (κ2) is 5.11. The van der Waals surface area contributed by atoms with Gasteiger partial charge in [-0.2, -0.15) is 0 Å². The molecule has 2 N–H and O–H groups in total. The van der Waals surface area contributed by atoms with Crippen LogP contribution in [0.1, 0.15) is 13.8 Å². The molecule has 0 saturated heterocycles. The van der Waals surface area contributed by atoms with Gasteiger partial charge in [-0.25, -0.2) is 0 Å². The van der Waals surface area contributed by atoms with Crippen LogP contribution in [0.4, 0.5) is 0 Å². The Hall–Kier alpha value is -0.670. The molecule has 1 aromatic carbocycles. The van der Waals surface area contributed by atoms with E-state index in [9.17, 15) is 9.46 Å². The van der Waals surface area contributed by atoms with Crippen molar-refractivity contribution in [1.29, 1.82) is 0 Å². The van der Waals surface area contributed by atoms with Crippen LogP contribution < -0.4 is 5.30 Å². The molecule has 0 aliphatic heterocycles. The Morgan fingerprint density at radius 2 is 1.88 bits per heavy atom. The molecule has 0 fully saturated rings. The monoisotopic (exact) mass is 244 g/mol. The molecule has 0 radical (unpaired) electrons. The highest BCUT2D eigenvalue weighted by atomic mass is 31.2. The van der Waals surface area contributed by atoms with Gasteiger partial charge in [-0.05, 0) is 12.1 Å². The normalized spacial score (nSPS) is 15.8. The number of hydrogen-bond acceptors (Lipinski definition) is 3. The Balaban J connectivity index is 2.70. The first kappa shape index (κ1) is 13.4. The molecular formula is C11H17O4P. The molecular weight excluding hydrogens is 227 g/mol.